The van der Waals surface area contributed by atoms with Crippen molar-refractivity contribution in [2.24, 2.45) is 0 Å². The van der Waals surface area contributed by atoms with Gasteiger partial charge in [0.1, 0.15) is 11.5 Å². The zero-order valence-corrected chi connectivity index (χ0v) is 16.5. The largest absolute Gasteiger partial charge is 0.506 e. The van der Waals surface area contributed by atoms with Crippen molar-refractivity contribution in [3.8, 4) is 11.5 Å². The van der Waals surface area contributed by atoms with Crippen LogP contribution in [0.1, 0.15) is 43.6 Å². The number of benzene rings is 1. The van der Waals surface area contributed by atoms with Crippen molar-refractivity contribution >= 4 is 37.8 Å². The van der Waals surface area contributed by atoms with Crippen LogP contribution in [0.2, 0.25) is 0 Å². The first kappa shape index (κ1) is 16.7. The zero-order chi connectivity index (χ0) is 16.9. The lowest BCUT2D eigenvalue weighted by Gasteiger charge is -2.43. The maximum atomic E-state index is 13.1. The minimum Gasteiger partial charge on any atom is -0.506 e. The molecule has 2 saturated heterocycles. The maximum Gasteiger partial charge on any atom is 0.280 e. The summed E-state index contributed by atoms with van der Waals surface area (Å²) in [6, 6.07) is 1.78. The lowest BCUT2D eigenvalue weighted by Crippen LogP contribution is -2.64. The molecule has 130 valence electrons. The number of likely N-dealkylation sites (tertiary alicyclic amines) is 1. The molecule has 2 fully saturated rings. The quantitative estimate of drug-likeness (QED) is 0.674. The number of nitrogens with zero attached hydrogens (tertiary/aromatic N) is 1. The first-order valence-corrected chi connectivity index (χ1v) is 10.1. The van der Waals surface area contributed by atoms with Crippen LogP contribution >= 0.6 is 31.9 Å². The van der Waals surface area contributed by atoms with Crippen molar-refractivity contribution in [3.63, 3.8) is 0 Å². The number of hydrogen-bond donors (Lipinski definition) is 2. The second kappa shape index (κ2) is 6.18. The number of piperidine rings is 1. The van der Waals surface area contributed by atoms with Crippen molar-refractivity contribution < 1.29 is 14.6 Å². The molecule has 24 heavy (non-hydrogen) atoms. The Morgan fingerprint density at radius 2 is 2.00 bits per heavy atom. The Kier molecular flexibility index (Phi) is 4.29. The van der Waals surface area contributed by atoms with E-state index in [1.165, 1.54) is 6.42 Å². The molecule has 1 aromatic carbocycles. The maximum absolute atomic E-state index is 13.1. The summed E-state index contributed by atoms with van der Waals surface area (Å²) in [5.41, 5.74) is -0.0760. The third-order valence-corrected chi connectivity index (χ3v) is 6.79. The molecular formula is C17H20Br2N2O3. The fraction of sp³-hybridized carbons (Fsp3) is 0.588. The SMILES string of the molecule is O=C1NCCC[C@H]2c3c(cc(Br)c(O)c3Br)O[C@@]12N1CCCCC1. The number of fused-ring (bicyclic) bond motifs is 3. The van der Waals surface area contributed by atoms with Crippen molar-refractivity contribution in [3.05, 3.63) is 20.6 Å². The highest BCUT2D eigenvalue weighted by Crippen LogP contribution is 2.56. The van der Waals surface area contributed by atoms with E-state index in [-0.39, 0.29) is 17.6 Å². The Morgan fingerprint density at radius 3 is 2.75 bits per heavy atom. The fourth-order valence-electron chi connectivity index (χ4n) is 4.28. The van der Waals surface area contributed by atoms with E-state index < -0.39 is 5.72 Å². The highest BCUT2D eigenvalue weighted by molar-refractivity contribution is 9.11. The summed E-state index contributed by atoms with van der Waals surface area (Å²) in [5, 5.41) is 13.4. The minimum absolute atomic E-state index is 0.0504. The number of hydrogen-bond acceptors (Lipinski definition) is 4. The molecule has 0 bridgehead atoms. The number of ether oxygens (including phenoxy) is 1. The molecule has 1 aromatic rings. The molecule has 5 nitrogen and oxygen atoms in total. The number of phenols is 1. The lowest BCUT2D eigenvalue weighted by atomic mass is 9.84. The van der Waals surface area contributed by atoms with E-state index in [2.05, 4.69) is 42.1 Å². The molecule has 3 aliphatic rings. The monoisotopic (exact) mass is 458 g/mol. The van der Waals surface area contributed by atoms with Crippen LogP contribution < -0.4 is 10.1 Å². The highest BCUT2D eigenvalue weighted by atomic mass is 79.9. The van der Waals surface area contributed by atoms with E-state index in [4.69, 9.17) is 4.74 Å². The van der Waals surface area contributed by atoms with Gasteiger partial charge in [-0.25, -0.2) is 0 Å². The van der Waals surface area contributed by atoms with E-state index in [1.807, 2.05) is 0 Å². The van der Waals surface area contributed by atoms with Gasteiger partial charge in [-0.05, 0) is 63.6 Å². The van der Waals surface area contributed by atoms with Gasteiger partial charge >= 0.3 is 0 Å². The molecule has 2 atom stereocenters. The predicted octanol–water partition coefficient (Wildman–Crippen LogP) is 3.49. The Labute approximate surface area is 158 Å². The Balaban J connectivity index is 1.88. The van der Waals surface area contributed by atoms with Gasteiger partial charge in [-0.3, -0.25) is 9.69 Å². The van der Waals surface area contributed by atoms with Gasteiger partial charge in [0.15, 0.2) is 0 Å². The number of carbonyl (C=O) groups excluding carboxylic acids is 1. The average Bonchev–Trinajstić information content (AvgIpc) is 2.83. The van der Waals surface area contributed by atoms with E-state index in [9.17, 15) is 9.90 Å². The molecule has 0 aromatic heterocycles. The summed E-state index contributed by atoms with van der Waals surface area (Å²) in [6.07, 6.45) is 5.11. The lowest BCUT2D eigenvalue weighted by molar-refractivity contribution is -0.159. The van der Waals surface area contributed by atoms with Gasteiger partial charge in [0.05, 0.1) is 14.9 Å². The summed E-state index contributed by atoms with van der Waals surface area (Å²) in [4.78, 5) is 15.3. The van der Waals surface area contributed by atoms with Crippen LogP contribution in [0.15, 0.2) is 15.0 Å². The smallest absolute Gasteiger partial charge is 0.280 e. The van der Waals surface area contributed by atoms with Crippen molar-refractivity contribution in [1.29, 1.82) is 0 Å². The Bertz CT molecular complexity index is 691. The van der Waals surface area contributed by atoms with Gasteiger partial charge < -0.3 is 15.2 Å². The topological polar surface area (TPSA) is 61.8 Å². The van der Waals surface area contributed by atoms with E-state index >= 15 is 0 Å². The summed E-state index contributed by atoms with van der Waals surface area (Å²) < 4.78 is 7.59. The second-order valence-electron chi connectivity index (χ2n) is 6.73. The van der Waals surface area contributed by atoms with Gasteiger partial charge in [-0.1, -0.05) is 6.42 Å². The van der Waals surface area contributed by atoms with Crippen molar-refractivity contribution in [1.82, 2.24) is 10.2 Å². The Morgan fingerprint density at radius 1 is 1.25 bits per heavy atom. The standard InChI is InChI=1S/C17H20Br2N2O3/c18-11-9-12-13(14(19)15(11)22)10-5-4-6-20-16(23)17(10,24-12)21-7-2-1-3-8-21/h9-10,22H,1-8H2,(H,20,23)/t10-,17+/m0/s1. The van der Waals surface area contributed by atoms with Gasteiger partial charge in [0, 0.05) is 25.2 Å². The molecule has 0 radical (unpaired) electrons. The third-order valence-electron chi connectivity index (χ3n) is 5.39. The number of amides is 1. The number of rotatable bonds is 1. The molecule has 0 saturated carbocycles. The second-order valence-corrected chi connectivity index (χ2v) is 8.38. The van der Waals surface area contributed by atoms with Crippen molar-refractivity contribution in [2.45, 2.75) is 43.7 Å². The van der Waals surface area contributed by atoms with E-state index in [1.54, 1.807) is 6.07 Å². The molecule has 3 heterocycles. The number of carbonyl (C=O) groups is 1. The predicted molar refractivity (Wildman–Crippen MR) is 97.3 cm³/mol. The summed E-state index contributed by atoms with van der Waals surface area (Å²) >= 11 is 6.90. The number of phenolic OH excluding ortho intramolecular Hbond substituents is 1. The van der Waals surface area contributed by atoms with E-state index in [0.717, 1.165) is 44.3 Å². The number of halogens is 2. The summed E-state index contributed by atoms with van der Waals surface area (Å²) in [6.45, 7) is 2.40. The summed E-state index contributed by atoms with van der Waals surface area (Å²) in [5.74, 6) is 0.711. The molecule has 7 heteroatoms. The fourth-order valence-corrected chi connectivity index (χ4v) is 5.64. The molecule has 0 aliphatic carbocycles. The summed E-state index contributed by atoms with van der Waals surface area (Å²) in [7, 11) is 0. The van der Waals surface area contributed by atoms with Gasteiger partial charge in [-0.15, -0.1) is 0 Å². The molecule has 1 amide bonds. The molecule has 2 N–H and O–H groups in total. The molecular weight excluding hydrogens is 440 g/mol. The van der Waals surface area contributed by atoms with Gasteiger partial charge in [0.2, 0.25) is 5.72 Å². The van der Waals surface area contributed by atoms with Crippen LogP contribution in [0.5, 0.6) is 11.5 Å². The van der Waals surface area contributed by atoms with Crippen LogP contribution in [0.4, 0.5) is 0 Å². The van der Waals surface area contributed by atoms with Crippen molar-refractivity contribution in [2.75, 3.05) is 19.6 Å². The minimum atomic E-state index is -0.991. The van der Waals surface area contributed by atoms with E-state index in [0.29, 0.717) is 21.2 Å². The average molecular weight is 460 g/mol. The third kappa shape index (κ3) is 2.31. The van der Waals surface area contributed by atoms with Gasteiger partial charge in [0.25, 0.3) is 5.91 Å². The molecule has 3 aliphatic heterocycles. The van der Waals surface area contributed by atoms with Crippen LogP contribution in [-0.2, 0) is 4.79 Å². The normalized spacial score (nSPS) is 30.1. The zero-order valence-electron chi connectivity index (χ0n) is 13.3. The first-order valence-electron chi connectivity index (χ1n) is 8.49. The Hall–Kier alpha value is -0.790. The number of nitrogens with one attached hydrogen (secondary N) is 1. The molecule has 0 spiro atoms. The molecule has 0 unspecified atom stereocenters. The van der Waals surface area contributed by atoms with Crippen LogP contribution in [0, 0.1) is 0 Å². The highest BCUT2D eigenvalue weighted by Gasteiger charge is 2.59. The van der Waals surface area contributed by atoms with Crippen LogP contribution in [0.25, 0.3) is 0 Å². The number of aromatic hydroxyl groups is 1. The first-order chi connectivity index (χ1) is 11.6. The van der Waals surface area contributed by atoms with Gasteiger partial charge in [-0.2, -0.15) is 0 Å². The van der Waals surface area contributed by atoms with Crippen LogP contribution in [0.3, 0.4) is 0 Å². The molecule has 4 rings (SSSR count). The van der Waals surface area contributed by atoms with Crippen LogP contribution in [-0.4, -0.2) is 41.3 Å².